The summed E-state index contributed by atoms with van der Waals surface area (Å²) in [6.45, 7) is 6.68. The van der Waals surface area contributed by atoms with E-state index in [1.807, 2.05) is 39.0 Å². The van der Waals surface area contributed by atoms with Crippen molar-refractivity contribution in [3.05, 3.63) is 53.9 Å². The molecule has 0 bridgehead atoms. The summed E-state index contributed by atoms with van der Waals surface area (Å²) in [7, 11) is 0. The second-order valence-electron chi connectivity index (χ2n) is 7.45. The quantitative estimate of drug-likeness (QED) is 0.839. The third kappa shape index (κ3) is 5.20. The molecule has 0 saturated carbocycles. The van der Waals surface area contributed by atoms with Gasteiger partial charge in [0, 0.05) is 36.9 Å². The molecule has 0 unspecified atom stereocenters. The highest BCUT2D eigenvalue weighted by Gasteiger charge is 2.25. The molecule has 1 aromatic carbocycles. The summed E-state index contributed by atoms with van der Waals surface area (Å²) in [6, 6.07) is 8.85. The molecule has 27 heavy (non-hydrogen) atoms. The van der Waals surface area contributed by atoms with E-state index in [0.717, 1.165) is 17.5 Å². The lowest BCUT2D eigenvalue weighted by Gasteiger charge is -2.31. The van der Waals surface area contributed by atoms with Crippen LogP contribution in [0.4, 0.5) is 21.0 Å². The molecule has 0 atom stereocenters. The summed E-state index contributed by atoms with van der Waals surface area (Å²) in [6.07, 6.45) is 3.65. The lowest BCUT2D eigenvalue weighted by molar-refractivity contribution is 0.0224. The molecular formula is C20H24N4O3. The van der Waals surface area contributed by atoms with Crippen molar-refractivity contribution >= 4 is 23.5 Å². The molecule has 0 fully saturated rings. The highest BCUT2D eigenvalue weighted by atomic mass is 16.6. The predicted molar refractivity (Wildman–Crippen MR) is 104 cm³/mol. The molecule has 0 spiro atoms. The molecular weight excluding hydrogens is 344 g/mol. The highest BCUT2D eigenvalue weighted by molar-refractivity contribution is 5.99. The first-order chi connectivity index (χ1) is 12.8. The Hall–Kier alpha value is -3.09. The van der Waals surface area contributed by atoms with Crippen LogP contribution >= 0.6 is 0 Å². The van der Waals surface area contributed by atoms with Crippen molar-refractivity contribution in [1.82, 2.24) is 9.88 Å². The minimum atomic E-state index is -0.507. The monoisotopic (exact) mass is 368 g/mol. The van der Waals surface area contributed by atoms with Gasteiger partial charge in [0.2, 0.25) is 0 Å². The maximum absolute atomic E-state index is 12.2. The van der Waals surface area contributed by atoms with E-state index in [1.54, 1.807) is 29.4 Å². The predicted octanol–water partition coefficient (Wildman–Crippen LogP) is 4.02. The van der Waals surface area contributed by atoms with Crippen LogP contribution in [-0.2, 0) is 17.7 Å². The molecule has 1 aliphatic heterocycles. The van der Waals surface area contributed by atoms with E-state index in [-0.39, 0.29) is 12.1 Å². The molecule has 142 valence electrons. The number of carbonyl (C=O) groups excluding carboxylic acids is 2. The minimum Gasteiger partial charge on any atom is -0.444 e. The van der Waals surface area contributed by atoms with Gasteiger partial charge in [-0.15, -0.1) is 0 Å². The van der Waals surface area contributed by atoms with Crippen molar-refractivity contribution < 1.29 is 14.3 Å². The molecule has 1 aliphatic rings. The van der Waals surface area contributed by atoms with Gasteiger partial charge in [0.25, 0.3) is 0 Å². The van der Waals surface area contributed by atoms with Crippen molar-refractivity contribution in [2.45, 2.75) is 39.3 Å². The summed E-state index contributed by atoms with van der Waals surface area (Å²) >= 11 is 0. The van der Waals surface area contributed by atoms with E-state index < -0.39 is 5.60 Å². The Bertz CT molecular complexity index is 831. The van der Waals surface area contributed by atoms with Crippen molar-refractivity contribution in [2.24, 2.45) is 0 Å². The van der Waals surface area contributed by atoms with Gasteiger partial charge in [-0.1, -0.05) is 6.07 Å². The number of amides is 3. The number of anilines is 2. The third-order valence-corrected chi connectivity index (χ3v) is 4.07. The first-order valence-electron chi connectivity index (χ1n) is 8.88. The second-order valence-corrected chi connectivity index (χ2v) is 7.45. The van der Waals surface area contributed by atoms with Gasteiger partial charge in [-0.3, -0.25) is 4.98 Å². The lowest BCUT2D eigenvalue weighted by atomic mass is 9.99. The molecule has 2 N–H and O–H groups in total. The number of nitrogens with zero attached hydrogens (tertiary/aromatic N) is 2. The standard InChI is InChI=1S/C20H24N4O3/c1-20(2,3)27-19(26)24-11-8-14-12-17(5-4-15(14)13-24)23-18(25)22-16-6-9-21-10-7-16/h4-7,9-10,12H,8,11,13H2,1-3H3,(H2,21,22,23,25). The highest BCUT2D eigenvalue weighted by Crippen LogP contribution is 2.24. The normalized spacial score (nSPS) is 13.5. The molecule has 0 radical (unpaired) electrons. The molecule has 7 heteroatoms. The zero-order chi connectivity index (χ0) is 19.4. The van der Waals surface area contributed by atoms with Crippen LogP contribution in [0, 0.1) is 0 Å². The number of hydrogen-bond acceptors (Lipinski definition) is 4. The second kappa shape index (κ2) is 7.65. The van der Waals surface area contributed by atoms with E-state index in [1.165, 1.54) is 0 Å². The Labute approximate surface area is 158 Å². The van der Waals surface area contributed by atoms with Gasteiger partial charge in [-0.25, -0.2) is 9.59 Å². The maximum atomic E-state index is 12.2. The van der Waals surface area contributed by atoms with E-state index in [2.05, 4.69) is 15.6 Å². The SMILES string of the molecule is CC(C)(C)OC(=O)N1CCc2cc(NC(=O)Nc3ccncc3)ccc2C1. The number of benzene rings is 1. The molecule has 3 rings (SSSR count). The Morgan fingerprint density at radius 2 is 1.74 bits per heavy atom. The fourth-order valence-corrected chi connectivity index (χ4v) is 2.84. The van der Waals surface area contributed by atoms with E-state index >= 15 is 0 Å². The fraction of sp³-hybridized carbons (Fsp3) is 0.350. The van der Waals surface area contributed by atoms with Gasteiger partial charge in [0.05, 0.1) is 0 Å². The maximum Gasteiger partial charge on any atom is 0.410 e. The first kappa shape index (κ1) is 18.7. The first-order valence-corrected chi connectivity index (χ1v) is 8.88. The average Bonchev–Trinajstić information content (AvgIpc) is 2.60. The summed E-state index contributed by atoms with van der Waals surface area (Å²) < 4.78 is 5.44. The van der Waals surface area contributed by atoms with Gasteiger partial charge in [0.1, 0.15) is 5.60 Å². The number of carbonyl (C=O) groups is 2. The Morgan fingerprint density at radius 3 is 2.44 bits per heavy atom. The van der Waals surface area contributed by atoms with Gasteiger partial charge in [-0.2, -0.15) is 0 Å². The van der Waals surface area contributed by atoms with E-state index in [0.29, 0.717) is 24.5 Å². The van der Waals surface area contributed by atoms with Crippen molar-refractivity contribution in [3.8, 4) is 0 Å². The van der Waals surface area contributed by atoms with Gasteiger partial charge < -0.3 is 20.3 Å². The van der Waals surface area contributed by atoms with Crippen LogP contribution in [0.5, 0.6) is 0 Å². The van der Waals surface area contributed by atoms with Gasteiger partial charge in [-0.05, 0) is 62.6 Å². The molecule has 2 heterocycles. The van der Waals surface area contributed by atoms with Gasteiger partial charge >= 0.3 is 12.1 Å². The third-order valence-electron chi connectivity index (χ3n) is 4.07. The smallest absolute Gasteiger partial charge is 0.410 e. The summed E-state index contributed by atoms with van der Waals surface area (Å²) in [5, 5.41) is 5.58. The van der Waals surface area contributed by atoms with Crippen LogP contribution in [0.25, 0.3) is 0 Å². The number of nitrogens with one attached hydrogen (secondary N) is 2. The van der Waals surface area contributed by atoms with Crippen molar-refractivity contribution in [3.63, 3.8) is 0 Å². The van der Waals surface area contributed by atoms with Crippen LogP contribution in [0.2, 0.25) is 0 Å². The molecule has 2 aromatic rings. The molecule has 7 nitrogen and oxygen atoms in total. The van der Waals surface area contributed by atoms with Crippen molar-refractivity contribution in [2.75, 3.05) is 17.2 Å². The molecule has 0 saturated heterocycles. The van der Waals surface area contributed by atoms with Crippen molar-refractivity contribution in [1.29, 1.82) is 0 Å². The summed E-state index contributed by atoms with van der Waals surface area (Å²) in [5.41, 5.74) is 3.07. The largest absolute Gasteiger partial charge is 0.444 e. The number of ether oxygens (including phenoxy) is 1. The van der Waals surface area contributed by atoms with Crippen LogP contribution in [0.1, 0.15) is 31.9 Å². The molecule has 1 aromatic heterocycles. The van der Waals surface area contributed by atoms with Crippen LogP contribution in [0.3, 0.4) is 0 Å². The fourth-order valence-electron chi connectivity index (χ4n) is 2.84. The van der Waals surface area contributed by atoms with Gasteiger partial charge in [0.15, 0.2) is 0 Å². The van der Waals surface area contributed by atoms with Crippen LogP contribution in [0.15, 0.2) is 42.7 Å². The number of rotatable bonds is 2. The van der Waals surface area contributed by atoms with E-state index in [4.69, 9.17) is 4.74 Å². The molecule has 0 aliphatic carbocycles. The van der Waals surface area contributed by atoms with E-state index in [9.17, 15) is 9.59 Å². The summed E-state index contributed by atoms with van der Waals surface area (Å²) in [5.74, 6) is 0. The topological polar surface area (TPSA) is 83.6 Å². The Morgan fingerprint density at radius 1 is 1.04 bits per heavy atom. The Kier molecular flexibility index (Phi) is 5.30. The zero-order valence-corrected chi connectivity index (χ0v) is 15.8. The number of fused-ring (bicyclic) bond motifs is 1. The van der Waals surface area contributed by atoms with Crippen LogP contribution in [-0.4, -0.2) is 34.2 Å². The average molecular weight is 368 g/mol. The number of urea groups is 1. The number of pyridine rings is 1. The minimum absolute atomic E-state index is 0.299. The summed E-state index contributed by atoms with van der Waals surface area (Å²) in [4.78, 5) is 30.0. The number of aromatic nitrogens is 1. The lowest BCUT2D eigenvalue weighted by Crippen LogP contribution is -2.39. The number of hydrogen-bond donors (Lipinski definition) is 2. The zero-order valence-electron chi connectivity index (χ0n) is 15.8. The van der Waals surface area contributed by atoms with Crippen LogP contribution < -0.4 is 10.6 Å². The molecule has 3 amide bonds. The Balaban J connectivity index is 1.61.